The quantitative estimate of drug-likeness (QED) is 0.739. The first-order valence-electron chi connectivity index (χ1n) is 7.17. The summed E-state index contributed by atoms with van der Waals surface area (Å²) in [6.45, 7) is 2.18. The van der Waals surface area contributed by atoms with Crippen molar-refractivity contribution in [1.82, 2.24) is 0 Å². The molecule has 0 radical (unpaired) electrons. The van der Waals surface area contributed by atoms with Crippen molar-refractivity contribution in [2.24, 2.45) is 11.8 Å². The van der Waals surface area contributed by atoms with E-state index in [0.717, 1.165) is 31.6 Å². The fraction of sp³-hybridized carbons (Fsp3) is 1.00. The number of hydrogen-bond donors (Lipinski definition) is 1. The van der Waals surface area contributed by atoms with Crippen LogP contribution < -0.4 is 0 Å². The minimum atomic E-state index is -4.08. The Bertz CT molecular complexity index is 220. The molecule has 1 N–H and O–H groups in total. The van der Waals surface area contributed by atoms with Crippen LogP contribution in [0.1, 0.15) is 64.7 Å². The van der Waals surface area contributed by atoms with Gasteiger partial charge < -0.3 is 5.11 Å². The predicted octanol–water partition coefficient (Wildman–Crippen LogP) is 4.69. The summed E-state index contributed by atoms with van der Waals surface area (Å²) in [5.41, 5.74) is 0. The molecule has 0 saturated heterocycles. The van der Waals surface area contributed by atoms with Crippen LogP contribution in [0.2, 0.25) is 0 Å². The Morgan fingerprint density at radius 1 is 1.17 bits per heavy atom. The van der Waals surface area contributed by atoms with Crippen molar-refractivity contribution >= 4 is 0 Å². The first-order valence-corrected chi connectivity index (χ1v) is 7.17. The largest absolute Gasteiger partial charge is 0.393 e. The van der Waals surface area contributed by atoms with Crippen LogP contribution in [0.15, 0.2) is 0 Å². The topological polar surface area (TPSA) is 20.2 Å². The molecular formula is C14H25F3O. The van der Waals surface area contributed by atoms with Gasteiger partial charge in [-0.2, -0.15) is 13.2 Å². The standard InChI is InChI=1S/C14H25F3O/c1-2-4-11-6-8-12(9-7-11)13(18)5-3-10-14(15,16)17/h11-13,18H,2-10H2,1H3. The Kier molecular flexibility index (Phi) is 6.47. The van der Waals surface area contributed by atoms with E-state index in [-0.39, 0.29) is 12.3 Å². The molecule has 0 spiro atoms. The van der Waals surface area contributed by atoms with Crippen LogP contribution in [0.5, 0.6) is 0 Å². The van der Waals surface area contributed by atoms with Gasteiger partial charge in [0.25, 0.3) is 0 Å². The van der Waals surface area contributed by atoms with Crippen molar-refractivity contribution in [3.05, 3.63) is 0 Å². The van der Waals surface area contributed by atoms with Crippen molar-refractivity contribution in [2.45, 2.75) is 77.0 Å². The summed E-state index contributed by atoms with van der Waals surface area (Å²) in [6, 6.07) is 0. The molecule has 1 atom stereocenters. The minimum Gasteiger partial charge on any atom is -0.393 e. The van der Waals surface area contributed by atoms with Gasteiger partial charge >= 0.3 is 6.18 Å². The zero-order valence-electron chi connectivity index (χ0n) is 11.2. The Balaban J connectivity index is 2.17. The molecule has 0 aromatic carbocycles. The summed E-state index contributed by atoms with van der Waals surface area (Å²) in [6.07, 6.45) is 1.64. The van der Waals surface area contributed by atoms with Crippen LogP contribution in [0.4, 0.5) is 13.2 Å². The average molecular weight is 266 g/mol. The van der Waals surface area contributed by atoms with Crippen molar-refractivity contribution in [2.75, 3.05) is 0 Å². The van der Waals surface area contributed by atoms with Crippen LogP contribution in [0, 0.1) is 11.8 Å². The fourth-order valence-electron chi connectivity index (χ4n) is 3.02. The van der Waals surface area contributed by atoms with E-state index in [1.54, 1.807) is 0 Å². The van der Waals surface area contributed by atoms with Crippen molar-refractivity contribution in [1.29, 1.82) is 0 Å². The van der Waals surface area contributed by atoms with E-state index in [9.17, 15) is 18.3 Å². The van der Waals surface area contributed by atoms with Crippen LogP contribution in [-0.4, -0.2) is 17.4 Å². The maximum Gasteiger partial charge on any atom is 0.389 e. The van der Waals surface area contributed by atoms with Gasteiger partial charge in [-0.15, -0.1) is 0 Å². The van der Waals surface area contributed by atoms with Gasteiger partial charge in [0.15, 0.2) is 0 Å². The van der Waals surface area contributed by atoms with E-state index in [4.69, 9.17) is 0 Å². The van der Waals surface area contributed by atoms with Gasteiger partial charge in [0.05, 0.1) is 6.10 Å². The van der Waals surface area contributed by atoms with E-state index < -0.39 is 18.7 Å². The number of aliphatic hydroxyl groups excluding tert-OH is 1. The highest BCUT2D eigenvalue weighted by Crippen LogP contribution is 2.34. The van der Waals surface area contributed by atoms with E-state index in [1.165, 1.54) is 12.8 Å². The van der Waals surface area contributed by atoms with E-state index in [2.05, 4.69) is 6.92 Å². The normalized spacial score (nSPS) is 27.2. The molecule has 1 rings (SSSR count). The maximum atomic E-state index is 12.0. The Morgan fingerprint density at radius 2 is 1.78 bits per heavy atom. The number of rotatable bonds is 6. The molecule has 1 aliphatic carbocycles. The first-order chi connectivity index (χ1) is 8.42. The Labute approximate surface area is 108 Å². The van der Waals surface area contributed by atoms with Crippen molar-refractivity contribution in [3.63, 3.8) is 0 Å². The highest BCUT2D eigenvalue weighted by molar-refractivity contribution is 4.77. The summed E-state index contributed by atoms with van der Waals surface area (Å²) in [4.78, 5) is 0. The highest BCUT2D eigenvalue weighted by atomic mass is 19.4. The third-order valence-corrected chi connectivity index (χ3v) is 4.09. The van der Waals surface area contributed by atoms with Crippen LogP contribution in [-0.2, 0) is 0 Å². The van der Waals surface area contributed by atoms with Gasteiger partial charge in [0.1, 0.15) is 0 Å². The molecule has 18 heavy (non-hydrogen) atoms. The molecular weight excluding hydrogens is 241 g/mol. The van der Waals surface area contributed by atoms with E-state index in [0.29, 0.717) is 6.42 Å². The fourth-order valence-corrected chi connectivity index (χ4v) is 3.02. The minimum absolute atomic E-state index is 0.0551. The Morgan fingerprint density at radius 3 is 2.28 bits per heavy atom. The molecule has 1 nitrogen and oxygen atoms in total. The van der Waals surface area contributed by atoms with Crippen molar-refractivity contribution in [3.8, 4) is 0 Å². The van der Waals surface area contributed by atoms with Gasteiger partial charge in [-0.05, 0) is 37.5 Å². The second-order valence-corrected chi connectivity index (χ2v) is 5.64. The molecule has 4 heteroatoms. The molecule has 0 bridgehead atoms. The summed E-state index contributed by atoms with van der Waals surface area (Å²) in [5, 5.41) is 9.92. The lowest BCUT2D eigenvalue weighted by molar-refractivity contribution is -0.136. The lowest BCUT2D eigenvalue weighted by atomic mass is 9.77. The maximum absolute atomic E-state index is 12.0. The third kappa shape index (κ3) is 6.07. The monoisotopic (exact) mass is 266 g/mol. The van der Waals surface area contributed by atoms with Gasteiger partial charge in [-0.1, -0.05) is 32.6 Å². The molecule has 1 fully saturated rings. The Hall–Kier alpha value is -0.250. The van der Waals surface area contributed by atoms with Gasteiger partial charge in [-0.25, -0.2) is 0 Å². The smallest absolute Gasteiger partial charge is 0.389 e. The van der Waals surface area contributed by atoms with Crippen LogP contribution in [0.3, 0.4) is 0 Å². The zero-order valence-corrected chi connectivity index (χ0v) is 11.2. The van der Waals surface area contributed by atoms with Crippen LogP contribution >= 0.6 is 0 Å². The lowest BCUT2D eigenvalue weighted by Gasteiger charge is -2.31. The molecule has 0 aromatic heterocycles. The molecule has 0 amide bonds. The molecule has 1 aliphatic rings. The third-order valence-electron chi connectivity index (χ3n) is 4.09. The highest BCUT2D eigenvalue weighted by Gasteiger charge is 2.29. The lowest BCUT2D eigenvalue weighted by Crippen LogP contribution is -2.26. The molecule has 1 saturated carbocycles. The van der Waals surface area contributed by atoms with Gasteiger partial charge in [0.2, 0.25) is 0 Å². The van der Waals surface area contributed by atoms with Crippen LogP contribution in [0.25, 0.3) is 0 Å². The number of halogens is 3. The second-order valence-electron chi connectivity index (χ2n) is 5.64. The number of alkyl halides is 3. The summed E-state index contributed by atoms with van der Waals surface area (Å²) < 4.78 is 36.0. The summed E-state index contributed by atoms with van der Waals surface area (Å²) in [7, 11) is 0. The average Bonchev–Trinajstić information content (AvgIpc) is 2.28. The summed E-state index contributed by atoms with van der Waals surface area (Å²) >= 11 is 0. The van der Waals surface area contributed by atoms with E-state index in [1.807, 2.05) is 0 Å². The van der Waals surface area contributed by atoms with Gasteiger partial charge in [0, 0.05) is 6.42 Å². The molecule has 0 heterocycles. The van der Waals surface area contributed by atoms with Crippen molar-refractivity contribution < 1.29 is 18.3 Å². The predicted molar refractivity (Wildman–Crippen MR) is 66.3 cm³/mol. The molecule has 0 aromatic rings. The number of hydrogen-bond acceptors (Lipinski definition) is 1. The molecule has 108 valence electrons. The van der Waals surface area contributed by atoms with E-state index >= 15 is 0 Å². The van der Waals surface area contributed by atoms with Gasteiger partial charge in [-0.3, -0.25) is 0 Å². The molecule has 0 aliphatic heterocycles. The zero-order chi connectivity index (χ0) is 13.6. The first kappa shape index (κ1) is 15.8. The second kappa shape index (κ2) is 7.37. The SMILES string of the molecule is CCCC1CCC(C(O)CCCC(F)(F)F)CC1. The summed E-state index contributed by atoms with van der Waals surface area (Å²) in [5.74, 6) is 1.000. The molecule has 1 unspecified atom stereocenters. The number of aliphatic hydroxyl groups is 1.